The van der Waals surface area contributed by atoms with Gasteiger partial charge in [0.1, 0.15) is 14.4 Å². The highest BCUT2D eigenvalue weighted by molar-refractivity contribution is 7.06. The summed E-state index contributed by atoms with van der Waals surface area (Å²) in [5.41, 5.74) is -0.155. The predicted octanol–water partition coefficient (Wildman–Crippen LogP) is 3.80. The van der Waals surface area contributed by atoms with Gasteiger partial charge in [-0.15, -0.1) is 6.58 Å². The number of aldehydes is 1. The fourth-order valence-electron chi connectivity index (χ4n) is 3.65. The van der Waals surface area contributed by atoms with E-state index in [4.69, 9.17) is 0 Å². The van der Waals surface area contributed by atoms with Crippen LogP contribution in [0.1, 0.15) is 20.8 Å². The van der Waals surface area contributed by atoms with Crippen molar-refractivity contribution in [2.45, 2.75) is 31.4 Å². The van der Waals surface area contributed by atoms with Crippen molar-refractivity contribution in [3.8, 4) is 0 Å². The monoisotopic (exact) mass is 308 g/mol. The van der Waals surface area contributed by atoms with E-state index in [0.29, 0.717) is 0 Å². The molecule has 0 N–H and O–H groups in total. The number of carbonyl (C=O) groups excluding carboxylic acids is 1. The molecule has 0 aliphatic rings. The van der Waals surface area contributed by atoms with Crippen LogP contribution in [0.2, 0.25) is 10.6 Å². The molecule has 0 radical (unpaired) electrons. The Kier molecular flexibility index (Phi) is 4.82. The summed E-state index contributed by atoms with van der Waals surface area (Å²) in [6.07, 6.45) is 2.93. The molecule has 2 heteroatoms. The van der Waals surface area contributed by atoms with Crippen LogP contribution in [0.5, 0.6) is 0 Å². The van der Waals surface area contributed by atoms with Gasteiger partial charge in [-0.1, -0.05) is 97.9 Å². The summed E-state index contributed by atoms with van der Waals surface area (Å²) in [5.74, 6) is 0. The van der Waals surface area contributed by atoms with Crippen LogP contribution >= 0.6 is 0 Å². The lowest BCUT2D eigenvalue weighted by molar-refractivity contribution is -0.107. The number of hydrogen-bond acceptors (Lipinski definition) is 1. The molecule has 0 saturated heterocycles. The molecule has 0 aromatic heterocycles. The maximum atomic E-state index is 11.9. The lowest BCUT2D eigenvalue weighted by Crippen LogP contribution is -2.67. The van der Waals surface area contributed by atoms with Gasteiger partial charge in [-0.3, -0.25) is 0 Å². The van der Waals surface area contributed by atoms with Crippen molar-refractivity contribution in [2.24, 2.45) is 0 Å². The highest BCUT2D eigenvalue weighted by Gasteiger charge is 2.52. The van der Waals surface area contributed by atoms with Crippen LogP contribution in [0.25, 0.3) is 0 Å². The molecule has 0 aliphatic heterocycles. The zero-order valence-electron chi connectivity index (χ0n) is 13.6. The number of rotatable bonds is 5. The van der Waals surface area contributed by atoms with Gasteiger partial charge in [-0.25, -0.2) is 0 Å². The normalized spacial score (nSPS) is 13.4. The summed E-state index contributed by atoms with van der Waals surface area (Å²) in [5, 5.41) is 2.55. The molecule has 0 heterocycles. The molecule has 0 spiro atoms. The summed E-state index contributed by atoms with van der Waals surface area (Å²) in [7, 11) is -2.36. The molecule has 1 atom stereocenters. The lowest BCUT2D eigenvalue weighted by atomic mass is 10.2. The summed E-state index contributed by atoms with van der Waals surface area (Å²) < 4.78 is 0. The first-order chi connectivity index (χ1) is 10.5. The zero-order valence-corrected chi connectivity index (χ0v) is 14.6. The van der Waals surface area contributed by atoms with Gasteiger partial charge in [-0.2, -0.15) is 0 Å². The molecule has 2 aromatic carbocycles. The van der Waals surface area contributed by atoms with E-state index in [1.165, 1.54) is 10.4 Å². The van der Waals surface area contributed by atoms with Gasteiger partial charge in [0, 0.05) is 5.54 Å². The Morgan fingerprint density at radius 3 is 1.59 bits per heavy atom. The molecule has 22 heavy (non-hydrogen) atoms. The number of benzene rings is 2. The van der Waals surface area contributed by atoms with Crippen molar-refractivity contribution in [3.63, 3.8) is 0 Å². The molecule has 2 rings (SSSR count). The predicted molar refractivity (Wildman–Crippen MR) is 97.6 cm³/mol. The average molecular weight is 308 g/mol. The second kappa shape index (κ2) is 6.45. The first kappa shape index (κ1) is 16.4. The smallest absolute Gasteiger partial charge is 0.136 e. The van der Waals surface area contributed by atoms with Crippen molar-refractivity contribution >= 4 is 24.7 Å². The molecule has 0 aliphatic carbocycles. The molecule has 2 aromatic rings. The largest absolute Gasteiger partial charge is 0.303 e. The van der Waals surface area contributed by atoms with E-state index in [2.05, 4.69) is 75.9 Å². The maximum Gasteiger partial charge on any atom is 0.136 e. The third-order valence-corrected chi connectivity index (χ3v) is 10.8. The van der Waals surface area contributed by atoms with Gasteiger partial charge in [0.15, 0.2) is 0 Å². The fraction of sp³-hybridized carbons (Fsp3) is 0.250. The van der Waals surface area contributed by atoms with Crippen molar-refractivity contribution in [1.29, 1.82) is 0 Å². The molecule has 114 valence electrons. The minimum absolute atomic E-state index is 0.0184. The van der Waals surface area contributed by atoms with E-state index in [-0.39, 0.29) is 10.6 Å². The second-order valence-electron chi connectivity index (χ2n) is 6.69. The van der Waals surface area contributed by atoms with Crippen LogP contribution in [-0.4, -0.2) is 14.4 Å². The van der Waals surface area contributed by atoms with Crippen LogP contribution in [0.3, 0.4) is 0 Å². The second-order valence-corrected chi connectivity index (χ2v) is 11.6. The molecular formula is C20H24OSi. The van der Waals surface area contributed by atoms with Gasteiger partial charge < -0.3 is 4.79 Å². The van der Waals surface area contributed by atoms with Crippen LogP contribution in [0, 0.1) is 0 Å². The van der Waals surface area contributed by atoms with Crippen molar-refractivity contribution in [2.75, 3.05) is 0 Å². The first-order valence-corrected chi connectivity index (χ1v) is 9.75. The zero-order chi connectivity index (χ0) is 16.2. The van der Waals surface area contributed by atoms with E-state index in [0.717, 1.165) is 6.29 Å². The highest BCUT2D eigenvalue weighted by Crippen LogP contribution is 2.42. The van der Waals surface area contributed by atoms with E-state index >= 15 is 0 Å². The van der Waals surface area contributed by atoms with Gasteiger partial charge >= 0.3 is 0 Å². The highest BCUT2D eigenvalue weighted by atomic mass is 28.3. The average Bonchev–Trinajstić information content (AvgIpc) is 2.53. The Morgan fingerprint density at radius 1 is 0.909 bits per heavy atom. The minimum atomic E-state index is -2.36. The van der Waals surface area contributed by atoms with E-state index < -0.39 is 8.07 Å². The Hall–Kier alpha value is -1.93. The lowest BCUT2D eigenvalue weighted by Gasteiger charge is -2.46. The third-order valence-electron chi connectivity index (χ3n) is 4.54. The Balaban J connectivity index is 2.87. The number of hydrogen-bond donors (Lipinski definition) is 0. The Labute approximate surface area is 134 Å². The van der Waals surface area contributed by atoms with Gasteiger partial charge in [0.05, 0.1) is 0 Å². The molecule has 0 saturated carbocycles. The summed E-state index contributed by atoms with van der Waals surface area (Å²) >= 11 is 0. The number of allylic oxidation sites excluding steroid dienone is 1. The van der Waals surface area contributed by atoms with Crippen LogP contribution < -0.4 is 10.4 Å². The quantitative estimate of drug-likeness (QED) is 0.466. The molecule has 0 fully saturated rings. The topological polar surface area (TPSA) is 17.1 Å². The molecule has 1 nitrogen and oxygen atoms in total. The van der Waals surface area contributed by atoms with Crippen molar-refractivity contribution < 1.29 is 4.79 Å². The standard InChI is InChI=1S/C20H24OSi/c1-5-17(16-21)22(20(2,3)4,18-12-8-6-9-13-18)19-14-10-7-11-15-19/h5-17H,1H2,2-4H3. The SMILES string of the molecule is C=CC(C=O)[Si](c1ccccc1)(c1ccccc1)C(C)(C)C. The van der Waals surface area contributed by atoms with E-state index in [9.17, 15) is 4.79 Å². The number of carbonyl (C=O) groups is 1. The van der Waals surface area contributed by atoms with Crippen molar-refractivity contribution in [3.05, 3.63) is 73.3 Å². The molecule has 0 amide bonds. The summed E-state index contributed by atoms with van der Waals surface area (Å²) in [6.45, 7) is 10.7. The van der Waals surface area contributed by atoms with Crippen LogP contribution in [0.4, 0.5) is 0 Å². The van der Waals surface area contributed by atoms with Crippen molar-refractivity contribution in [1.82, 2.24) is 0 Å². The van der Waals surface area contributed by atoms with Crippen LogP contribution in [-0.2, 0) is 4.79 Å². The fourth-order valence-corrected chi connectivity index (χ4v) is 9.48. The molecule has 1 unspecified atom stereocenters. The third kappa shape index (κ3) is 2.59. The van der Waals surface area contributed by atoms with Crippen LogP contribution in [0.15, 0.2) is 73.3 Å². The minimum Gasteiger partial charge on any atom is -0.303 e. The van der Waals surface area contributed by atoms with Gasteiger partial charge in [0.2, 0.25) is 0 Å². The van der Waals surface area contributed by atoms with E-state index in [1.807, 2.05) is 18.2 Å². The van der Waals surface area contributed by atoms with Gasteiger partial charge in [0.25, 0.3) is 0 Å². The first-order valence-electron chi connectivity index (χ1n) is 7.67. The van der Waals surface area contributed by atoms with E-state index in [1.54, 1.807) is 0 Å². The summed E-state index contributed by atoms with van der Waals surface area (Å²) in [6, 6.07) is 21.0. The Bertz CT molecular complexity index is 578. The Morgan fingerprint density at radius 2 is 1.32 bits per heavy atom. The molecular weight excluding hydrogens is 284 g/mol. The summed E-state index contributed by atoms with van der Waals surface area (Å²) in [4.78, 5) is 11.9. The molecule has 0 bridgehead atoms. The maximum absolute atomic E-state index is 11.9. The van der Waals surface area contributed by atoms with Gasteiger partial charge in [-0.05, 0) is 5.04 Å².